The van der Waals surface area contributed by atoms with Crippen LogP contribution in [0, 0.1) is 0 Å². The number of rotatable bonds is 8. The quantitative estimate of drug-likeness (QED) is 0.658. The third-order valence-corrected chi connectivity index (χ3v) is 4.56. The van der Waals surface area contributed by atoms with Crippen LogP contribution in [0.5, 0.6) is 5.75 Å². The number of fused-ring (bicyclic) bond motifs is 1. The summed E-state index contributed by atoms with van der Waals surface area (Å²) in [6.07, 6.45) is 1.67. The van der Waals surface area contributed by atoms with Crippen LogP contribution in [0.1, 0.15) is 38.2 Å². The normalized spacial score (nSPS) is 11.1. The van der Waals surface area contributed by atoms with Gasteiger partial charge >= 0.3 is 0 Å². The van der Waals surface area contributed by atoms with Crippen LogP contribution in [0.3, 0.4) is 0 Å². The Morgan fingerprint density at radius 2 is 1.89 bits per heavy atom. The minimum Gasteiger partial charge on any atom is -0.484 e. The molecule has 1 heterocycles. The number of amides is 1. The van der Waals surface area contributed by atoms with Gasteiger partial charge in [-0.2, -0.15) is 0 Å². The zero-order valence-electron chi connectivity index (χ0n) is 16.2. The second-order valence-corrected chi connectivity index (χ2v) is 6.87. The highest BCUT2D eigenvalue weighted by Gasteiger charge is 2.13. The maximum absolute atomic E-state index is 12.1. The Morgan fingerprint density at radius 1 is 1.15 bits per heavy atom. The van der Waals surface area contributed by atoms with Gasteiger partial charge in [-0.3, -0.25) is 4.79 Å². The smallest absolute Gasteiger partial charge is 0.257 e. The second kappa shape index (κ2) is 8.71. The largest absolute Gasteiger partial charge is 0.484 e. The van der Waals surface area contributed by atoms with Crippen molar-refractivity contribution in [2.45, 2.75) is 39.7 Å². The van der Waals surface area contributed by atoms with Gasteiger partial charge in [0.25, 0.3) is 5.91 Å². The predicted molar refractivity (Wildman–Crippen MR) is 108 cm³/mol. The maximum Gasteiger partial charge on any atom is 0.257 e. The van der Waals surface area contributed by atoms with E-state index in [4.69, 9.17) is 9.72 Å². The molecule has 5 nitrogen and oxygen atoms in total. The van der Waals surface area contributed by atoms with Crippen molar-refractivity contribution in [1.29, 1.82) is 0 Å². The number of nitrogens with zero attached hydrogens (tertiary/aromatic N) is 2. The molecule has 0 saturated carbocycles. The summed E-state index contributed by atoms with van der Waals surface area (Å²) >= 11 is 0. The number of nitrogens with one attached hydrogen (secondary N) is 1. The number of hydrogen-bond donors (Lipinski definition) is 1. The first-order valence-corrected chi connectivity index (χ1v) is 9.52. The number of imidazole rings is 1. The van der Waals surface area contributed by atoms with Gasteiger partial charge in [0.2, 0.25) is 0 Å². The van der Waals surface area contributed by atoms with Crippen LogP contribution in [-0.4, -0.2) is 28.6 Å². The van der Waals surface area contributed by atoms with Crippen molar-refractivity contribution in [2.75, 3.05) is 13.2 Å². The summed E-state index contributed by atoms with van der Waals surface area (Å²) < 4.78 is 7.78. The van der Waals surface area contributed by atoms with Gasteiger partial charge in [-0.05, 0) is 50.1 Å². The van der Waals surface area contributed by atoms with E-state index in [1.54, 1.807) is 0 Å². The maximum atomic E-state index is 12.1. The Labute approximate surface area is 160 Å². The molecule has 3 rings (SSSR count). The number of carbonyl (C=O) groups excluding carboxylic acids is 1. The lowest BCUT2D eigenvalue weighted by Gasteiger charge is -2.13. The summed E-state index contributed by atoms with van der Waals surface area (Å²) in [7, 11) is 0. The van der Waals surface area contributed by atoms with Crippen molar-refractivity contribution in [3.63, 3.8) is 0 Å². The van der Waals surface area contributed by atoms with Gasteiger partial charge < -0.3 is 14.6 Å². The van der Waals surface area contributed by atoms with E-state index >= 15 is 0 Å². The van der Waals surface area contributed by atoms with E-state index in [1.807, 2.05) is 42.5 Å². The summed E-state index contributed by atoms with van der Waals surface area (Å²) in [6, 6.07) is 16.3. The summed E-state index contributed by atoms with van der Waals surface area (Å²) in [5.41, 5.74) is 3.37. The minimum absolute atomic E-state index is 0.0199. The molecule has 0 aliphatic carbocycles. The van der Waals surface area contributed by atoms with Crippen LogP contribution in [0.15, 0.2) is 48.5 Å². The molecule has 1 N–H and O–H groups in total. The third kappa shape index (κ3) is 4.67. The van der Waals surface area contributed by atoms with Crippen LogP contribution in [0.2, 0.25) is 0 Å². The molecule has 1 amide bonds. The van der Waals surface area contributed by atoms with Gasteiger partial charge in [0.1, 0.15) is 11.6 Å². The highest BCUT2D eigenvalue weighted by atomic mass is 16.5. The molecule has 142 valence electrons. The third-order valence-electron chi connectivity index (χ3n) is 4.56. The van der Waals surface area contributed by atoms with E-state index in [0.717, 1.165) is 23.3 Å². The molecule has 5 heteroatoms. The zero-order valence-corrected chi connectivity index (χ0v) is 16.2. The minimum atomic E-state index is -0.123. The second-order valence-electron chi connectivity index (χ2n) is 6.87. The Morgan fingerprint density at radius 3 is 2.59 bits per heavy atom. The van der Waals surface area contributed by atoms with Crippen molar-refractivity contribution < 1.29 is 9.53 Å². The average Bonchev–Trinajstić information content (AvgIpc) is 3.05. The van der Waals surface area contributed by atoms with Crippen LogP contribution in [-0.2, 0) is 17.6 Å². The van der Waals surface area contributed by atoms with Crippen LogP contribution in [0.4, 0.5) is 0 Å². The molecular weight excluding hydrogens is 338 g/mol. The molecule has 0 fully saturated rings. The molecular formula is C22H27N3O2. The number of aromatic nitrogens is 2. The number of aryl methyl sites for hydroxylation is 1. The SMILES string of the molecule is CCc1ccc(OCC(=O)NCCc2nc3ccccc3n2C(C)C)cc1. The van der Waals surface area contributed by atoms with Crippen molar-refractivity contribution in [3.05, 3.63) is 59.9 Å². The van der Waals surface area contributed by atoms with Gasteiger partial charge in [-0.1, -0.05) is 31.2 Å². The Kier molecular flexibility index (Phi) is 6.12. The summed E-state index contributed by atoms with van der Waals surface area (Å²) in [6.45, 7) is 6.96. The van der Waals surface area contributed by atoms with Crippen LogP contribution >= 0.6 is 0 Å². The number of benzene rings is 2. The number of ether oxygens (including phenoxy) is 1. The van der Waals surface area contributed by atoms with Crippen molar-refractivity contribution >= 4 is 16.9 Å². The van der Waals surface area contributed by atoms with Gasteiger partial charge in [-0.15, -0.1) is 0 Å². The van der Waals surface area contributed by atoms with Crippen molar-refractivity contribution in [1.82, 2.24) is 14.9 Å². The van der Waals surface area contributed by atoms with Gasteiger partial charge in [0, 0.05) is 19.0 Å². The fourth-order valence-corrected chi connectivity index (χ4v) is 3.18. The summed E-state index contributed by atoms with van der Waals surface area (Å²) in [5.74, 6) is 1.58. The topological polar surface area (TPSA) is 56.1 Å². The van der Waals surface area contributed by atoms with E-state index in [2.05, 4.69) is 36.7 Å². The molecule has 0 aliphatic heterocycles. The predicted octanol–water partition coefficient (Wildman–Crippen LogP) is 3.92. The lowest BCUT2D eigenvalue weighted by atomic mass is 10.2. The molecule has 0 bridgehead atoms. The molecule has 3 aromatic rings. The molecule has 0 spiro atoms. The first-order chi connectivity index (χ1) is 13.1. The van der Waals surface area contributed by atoms with Crippen LogP contribution in [0.25, 0.3) is 11.0 Å². The summed E-state index contributed by atoms with van der Waals surface area (Å²) in [5, 5.41) is 2.92. The van der Waals surface area contributed by atoms with E-state index in [0.29, 0.717) is 24.8 Å². The highest BCUT2D eigenvalue weighted by molar-refractivity contribution is 5.78. The molecule has 0 aliphatic rings. The molecule has 0 unspecified atom stereocenters. The highest BCUT2D eigenvalue weighted by Crippen LogP contribution is 2.21. The van der Waals surface area contributed by atoms with Gasteiger partial charge in [0.15, 0.2) is 6.61 Å². The fraction of sp³-hybridized carbons (Fsp3) is 0.364. The zero-order chi connectivity index (χ0) is 19.2. The molecule has 1 aromatic heterocycles. The molecule has 0 saturated heterocycles. The number of para-hydroxylation sites is 2. The van der Waals surface area contributed by atoms with Gasteiger partial charge in [-0.25, -0.2) is 4.98 Å². The molecule has 27 heavy (non-hydrogen) atoms. The van der Waals surface area contributed by atoms with E-state index in [1.165, 1.54) is 5.56 Å². The van der Waals surface area contributed by atoms with E-state index in [9.17, 15) is 4.79 Å². The molecule has 2 aromatic carbocycles. The average molecular weight is 365 g/mol. The fourth-order valence-electron chi connectivity index (χ4n) is 3.18. The Balaban J connectivity index is 1.52. The Hall–Kier alpha value is -2.82. The van der Waals surface area contributed by atoms with E-state index in [-0.39, 0.29) is 12.5 Å². The van der Waals surface area contributed by atoms with Gasteiger partial charge in [0.05, 0.1) is 11.0 Å². The number of carbonyl (C=O) groups is 1. The monoisotopic (exact) mass is 365 g/mol. The molecule has 0 radical (unpaired) electrons. The lowest BCUT2D eigenvalue weighted by Crippen LogP contribution is -2.31. The molecule has 0 atom stereocenters. The first-order valence-electron chi connectivity index (χ1n) is 9.52. The Bertz CT molecular complexity index is 898. The standard InChI is InChI=1S/C22H27N3O2/c1-4-17-9-11-18(12-10-17)27-15-22(26)23-14-13-21-24-19-7-5-6-8-20(19)25(21)16(2)3/h5-12,16H,4,13-15H2,1-3H3,(H,23,26). The van der Waals surface area contributed by atoms with Crippen molar-refractivity contribution in [3.8, 4) is 5.75 Å². The van der Waals surface area contributed by atoms with E-state index < -0.39 is 0 Å². The first kappa shape index (κ1) is 19.0. The number of hydrogen-bond acceptors (Lipinski definition) is 3. The summed E-state index contributed by atoms with van der Waals surface area (Å²) in [4.78, 5) is 16.8. The van der Waals surface area contributed by atoms with Crippen molar-refractivity contribution in [2.24, 2.45) is 0 Å². The lowest BCUT2D eigenvalue weighted by molar-refractivity contribution is -0.123. The van der Waals surface area contributed by atoms with Crippen LogP contribution < -0.4 is 10.1 Å².